The highest BCUT2D eigenvalue weighted by molar-refractivity contribution is 6.61. The standard InChI is InChI=1S/C22H17ClF6N6O2.C4H4ClF3O2.C3H5F3O/c1-30-12-2-3-16(15(23)10-12)33-17-14-6-9-35(18(14)32-11-31-17)13-4-7-34(8-5-13)20(36)37-19(21(24,25)26)22(27,28)29;1-2(4(6,7)8)10-3(5)9;1-2(7)3(4,5)6/h2-3,6,9-11,13,19H,4-5,7-8H2,(H,31,32,33);2H,1H3;2,7H,1H3. The van der Waals surface area contributed by atoms with Crippen LogP contribution >= 0.6 is 23.2 Å². The Bertz CT molecular complexity index is 1760. The number of piperidine rings is 1. The molecule has 1 aliphatic rings. The van der Waals surface area contributed by atoms with Crippen LogP contribution in [-0.2, 0) is 9.47 Å². The van der Waals surface area contributed by atoms with Crippen LogP contribution in [0.25, 0.3) is 15.9 Å². The van der Waals surface area contributed by atoms with Crippen molar-refractivity contribution in [1.82, 2.24) is 19.4 Å². The van der Waals surface area contributed by atoms with Crippen molar-refractivity contribution < 1.29 is 76.9 Å². The minimum Gasteiger partial charge on any atom is -0.441 e. The van der Waals surface area contributed by atoms with E-state index in [0.29, 0.717) is 47.1 Å². The Kier molecular flexibility index (Phi) is 15.5. The Labute approximate surface area is 306 Å². The highest BCUT2D eigenvalue weighted by Crippen LogP contribution is 2.37. The molecular weight excluding hydrogens is 811 g/mol. The zero-order valence-corrected chi connectivity index (χ0v) is 28.7. The highest BCUT2D eigenvalue weighted by Gasteiger charge is 2.60. The molecule has 11 nitrogen and oxygen atoms in total. The van der Waals surface area contributed by atoms with Gasteiger partial charge >= 0.3 is 36.2 Å². The highest BCUT2D eigenvalue weighted by atomic mass is 35.5. The summed E-state index contributed by atoms with van der Waals surface area (Å²) < 4.78 is 153. The lowest BCUT2D eigenvalue weighted by molar-refractivity contribution is -0.308. The minimum atomic E-state index is -5.77. The molecule has 3 heterocycles. The molecule has 3 aromatic rings. The van der Waals surface area contributed by atoms with Gasteiger partial charge in [-0.3, -0.25) is 0 Å². The summed E-state index contributed by atoms with van der Waals surface area (Å²) >= 11 is 10.8. The molecule has 1 fully saturated rings. The Morgan fingerprint density at radius 2 is 1.48 bits per heavy atom. The van der Waals surface area contributed by atoms with Gasteiger partial charge in [0, 0.05) is 36.9 Å². The molecular formula is C29H26Cl2F12N6O5. The summed E-state index contributed by atoms with van der Waals surface area (Å²) in [5, 5.41) is 11.8. The summed E-state index contributed by atoms with van der Waals surface area (Å²) in [5.74, 6) is 0.438. The third-order valence-corrected chi connectivity index (χ3v) is 7.38. The van der Waals surface area contributed by atoms with E-state index in [2.05, 4.69) is 41.2 Å². The average molecular weight is 837 g/mol. The molecule has 2 atom stereocenters. The molecule has 1 aliphatic heterocycles. The number of nitrogens with zero attached hydrogens (tertiary/aromatic N) is 5. The van der Waals surface area contributed by atoms with E-state index in [9.17, 15) is 62.3 Å². The third kappa shape index (κ3) is 13.5. The van der Waals surface area contributed by atoms with Crippen LogP contribution < -0.4 is 5.32 Å². The van der Waals surface area contributed by atoms with Crippen molar-refractivity contribution in [3.8, 4) is 0 Å². The average Bonchev–Trinajstić information content (AvgIpc) is 3.48. The van der Waals surface area contributed by atoms with Gasteiger partial charge in [0.15, 0.2) is 11.8 Å². The smallest absolute Gasteiger partial charge is 0.434 e. The fraction of sp³-hybridized carbons (Fsp3) is 0.483. The van der Waals surface area contributed by atoms with Gasteiger partial charge in [-0.15, -0.1) is 0 Å². The molecule has 0 bridgehead atoms. The van der Waals surface area contributed by atoms with Crippen molar-refractivity contribution in [3.05, 3.63) is 53.2 Å². The molecule has 2 N–H and O–H groups in total. The summed E-state index contributed by atoms with van der Waals surface area (Å²) in [7, 11) is 0. The van der Waals surface area contributed by atoms with Crippen LogP contribution in [0.1, 0.15) is 32.7 Å². The number of rotatable bonds is 5. The Balaban J connectivity index is 0.000000492. The van der Waals surface area contributed by atoms with Gasteiger partial charge in [-0.2, -0.15) is 52.7 Å². The predicted molar refractivity (Wildman–Crippen MR) is 166 cm³/mol. The van der Waals surface area contributed by atoms with Crippen LogP contribution in [-0.4, -0.2) is 92.2 Å². The zero-order chi connectivity index (χ0) is 41.4. The van der Waals surface area contributed by atoms with E-state index in [-0.39, 0.29) is 32.0 Å². The molecule has 0 saturated carbocycles. The number of nitrogens with one attached hydrogen (secondary N) is 1. The van der Waals surface area contributed by atoms with Gasteiger partial charge in [0.25, 0.3) is 6.10 Å². The summed E-state index contributed by atoms with van der Waals surface area (Å²) in [6.07, 6.45) is -27.2. The lowest BCUT2D eigenvalue weighted by Crippen LogP contribution is -2.49. The number of carbonyl (C=O) groups is 2. The summed E-state index contributed by atoms with van der Waals surface area (Å²) in [4.78, 5) is 34.5. The fourth-order valence-electron chi connectivity index (χ4n) is 4.19. The maximum absolute atomic E-state index is 12.7. The number of hydrogen-bond acceptors (Lipinski definition) is 8. The molecule has 2 unspecified atom stereocenters. The first-order valence-corrected chi connectivity index (χ1v) is 15.4. The van der Waals surface area contributed by atoms with Crippen LogP contribution in [0.15, 0.2) is 36.8 Å². The molecule has 1 saturated heterocycles. The minimum absolute atomic E-state index is 0.106. The van der Waals surface area contributed by atoms with Gasteiger partial charge in [-0.05, 0) is 44.9 Å². The second-order valence-electron chi connectivity index (χ2n) is 10.9. The molecule has 25 heteroatoms. The Hall–Kier alpha value is -4.43. The quantitative estimate of drug-likeness (QED) is 0.148. The Morgan fingerprint density at radius 1 is 0.926 bits per heavy atom. The number of benzene rings is 1. The van der Waals surface area contributed by atoms with Gasteiger partial charge in [-0.25, -0.2) is 24.4 Å². The zero-order valence-electron chi connectivity index (χ0n) is 27.2. The first kappa shape index (κ1) is 45.7. The molecule has 0 aliphatic carbocycles. The van der Waals surface area contributed by atoms with Crippen molar-refractivity contribution in [2.24, 2.45) is 0 Å². The maximum Gasteiger partial charge on any atom is 0.434 e. The number of fused-ring (bicyclic) bond motifs is 1. The number of anilines is 2. The number of halogens is 14. The molecule has 0 radical (unpaired) electrons. The number of ether oxygens (including phenoxy) is 2. The molecule has 2 aromatic heterocycles. The number of carbonyl (C=O) groups excluding carboxylic acids is 2. The number of aliphatic hydroxyl groups excluding tert-OH is 1. The van der Waals surface area contributed by atoms with Crippen molar-refractivity contribution >= 4 is 62.9 Å². The van der Waals surface area contributed by atoms with E-state index in [4.69, 9.17) is 23.3 Å². The lowest BCUT2D eigenvalue weighted by atomic mass is 10.1. The largest absolute Gasteiger partial charge is 0.441 e. The number of aliphatic hydroxyl groups is 1. The van der Waals surface area contributed by atoms with Gasteiger partial charge in [0.2, 0.25) is 0 Å². The molecule has 1 aromatic carbocycles. The summed E-state index contributed by atoms with van der Waals surface area (Å²) in [6.45, 7) is 8.22. The van der Waals surface area contributed by atoms with E-state index in [1.165, 1.54) is 12.4 Å². The van der Waals surface area contributed by atoms with Crippen molar-refractivity contribution in [1.29, 1.82) is 0 Å². The third-order valence-electron chi connectivity index (χ3n) is 6.98. The Morgan fingerprint density at radius 3 is 1.91 bits per heavy atom. The van der Waals surface area contributed by atoms with E-state index in [1.54, 1.807) is 24.4 Å². The van der Waals surface area contributed by atoms with Gasteiger partial charge in [0.1, 0.15) is 23.9 Å². The second-order valence-corrected chi connectivity index (χ2v) is 11.6. The number of alkyl halides is 12. The number of aromatic nitrogens is 3. The number of amides is 1. The van der Waals surface area contributed by atoms with E-state index < -0.39 is 54.5 Å². The van der Waals surface area contributed by atoms with Crippen molar-refractivity contribution in [3.63, 3.8) is 0 Å². The van der Waals surface area contributed by atoms with Crippen molar-refractivity contribution in [2.45, 2.75) is 75.7 Å². The monoisotopic (exact) mass is 836 g/mol. The van der Waals surface area contributed by atoms with Crippen LogP contribution in [0.4, 0.5) is 79.5 Å². The van der Waals surface area contributed by atoms with Gasteiger partial charge in [-0.1, -0.05) is 17.7 Å². The van der Waals surface area contributed by atoms with Crippen LogP contribution in [0.2, 0.25) is 5.02 Å². The van der Waals surface area contributed by atoms with Crippen LogP contribution in [0.3, 0.4) is 0 Å². The van der Waals surface area contributed by atoms with Gasteiger partial charge < -0.3 is 29.4 Å². The predicted octanol–water partition coefficient (Wildman–Crippen LogP) is 9.89. The second kappa shape index (κ2) is 18.3. The number of likely N-dealkylation sites (tertiary alicyclic amines) is 1. The topological polar surface area (TPSA) is 123 Å². The van der Waals surface area contributed by atoms with E-state index in [0.717, 1.165) is 4.90 Å². The first-order chi connectivity index (χ1) is 24.7. The molecule has 300 valence electrons. The summed E-state index contributed by atoms with van der Waals surface area (Å²) in [5.41, 5.74) is -0.0341. The van der Waals surface area contributed by atoms with Crippen molar-refractivity contribution in [2.75, 3.05) is 18.4 Å². The SMILES string of the molecule is CC(O)C(F)(F)F.CC(OC(=O)Cl)C(F)(F)F.[C-]#[N+]c1ccc(Nc2ncnc3c2ccn3C2CCN(C(=O)OC(C(F)(F)F)C(F)(F)F)CC2)c(Cl)c1. The summed E-state index contributed by atoms with van der Waals surface area (Å²) in [6, 6.07) is 6.25. The first-order valence-electron chi connectivity index (χ1n) is 14.7. The number of hydrogen-bond donors (Lipinski definition) is 2. The normalized spacial score (nSPS) is 15.2. The lowest BCUT2D eigenvalue weighted by Gasteiger charge is -2.33. The van der Waals surface area contributed by atoms with E-state index >= 15 is 0 Å². The molecule has 0 spiro atoms. The molecule has 4 rings (SSSR count). The molecule has 1 amide bonds. The van der Waals surface area contributed by atoms with Crippen LogP contribution in [0.5, 0.6) is 0 Å². The fourth-order valence-corrected chi connectivity index (χ4v) is 4.55. The van der Waals surface area contributed by atoms with Gasteiger partial charge in [0.05, 0.1) is 22.7 Å². The van der Waals surface area contributed by atoms with Crippen LogP contribution in [0, 0.1) is 6.57 Å². The molecule has 54 heavy (non-hydrogen) atoms. The maximum atomic E-state index is 12.7. The van der Waals surface area contributed by atoms with E-state index in [1.807, 2.05) is 4.57 Å².